The van der Waals surface area contributed by atoms with Crippen molar-refractivity contribution in [1.29, 1.82) is 0 Å². The second-order valence-corrected chi connectivity index (χ2v) is 38.2. The number of hydrogen-bond acceptors (Lipinski definition) is 18. The number of fused-ring (bicyclic) bond motifs is 3. The lowest BCUT2D eigenvalue weighted by Gasteiger charge is -2.43. The Bertz CT molecular complexity index is 4590. The minimum absolute atomic E-state index is 0.0114. The Morgan fingerprint density at radius 2 is 0.773 bits per heavy atom. The van der Waals surface area contributed by atoms with Crippen molar-refractivity contribution in [3.05, 3.63) is 214 Å². The lowest BCUT2D eigenvalue weighted by atomic mass is 9.87. The number of nitrogens with zero attached hydrogens (tertiary/aromatic N) is 6. The van der Waals surface area contributed by atoms with E-state index in [-0.39, 0.29) is 71.5 Å². The van der Waals surface area contributed by atoms with Gasteiger partial charge in [0.15, 0.2) is 0 Å². The highest BCUT2D eigenvalue weighted by atomic mass is 16.6. The smallest absolute Gasteiger partial charge is 0.410 e. The molecule has 0 unspecified atom stereocenters. The van der Waals surface area contributed by atoms with Crippen LogP contribution in [0.15, 0.2) is 164 Å². The van der Waals surface area contributed by atoms with Crippen LogP contribution >= 0.6 is 0 Å². The number of benzene rings is 6. The summed E-state index contributed by atoms with van der Waals surface area (Å²) < 4.78 is 15.4. The van der Waals surface area contributed by atoms with E-state index in [9.17, 15) is 47.9 Å². The molecule has 28 heteroatoms. The van der Waals surface area contributed by atoms with Gasteiger partial charge in [0, 0.05) is 85.6 Å². The number of carbonyl (C=O) groups is 10. The van der Waals surface area contributed by atoms with Crippen molar-refractivity contribution < 1.29 is 72.4 Å². The number of carbonyl (C=O) groups excluding carboxylic acids is 8. The SMILES string of the molecule is CC(C)[C@H](N)C(=O)N1CCN(Cc2ccccc2)C[C@H]1C(=O)N[C@@H]1CCCc2ccccc21.CC(C)[C@H](NC(=O)OC(C)(C)C)C(=O)N1CCN(Cc2ccccc2)C[C@H]1C(=O)N[C@@H]1CCCc2ccccc21.CC(C)[C@H](NC(=O)OC(C)(C)C)C(=O)O.C[C@@H](C(=O)O)N(C)C(=O)OC(C)(C)C.O=C(N[C@@H]1CCCc2ccccc21)[C@@H]1CN(Cc2ccccc2)CCN1. The fraction of sp³-hybridized carbons (Fsp3) is 0.540. The molecule has 3 aliphatic carbocycles. The molecule has 0 bridgehead atoms. The Balaban J connectivity index is 0.000000208. The van der Waals surface area contributed by atoms with Crippen LogP contribution in [0.1, 0.15) is 218 Å². The Morgan fingerprint density at radius 1 is 0.430 bits per heavy atom. The van der Waals surface area contributed by atoms with E-state index in [0.717, 1.165) is 113 Å². The molecule has 0 aromatic heterocycles. The molecule has 3 aliphatic heterocycles. The topological polar surface area (TPSA) is 356 Å². The molecule has 0 saturated carbocycles. The average molecular weight is 1770 g/mol. The van der Waals surface area contributed by atoms with Gasteiger partial charge in [0.1, 0.15) is 47.0 Å². The minimum atomic E-state index is -1.06. The second kappa shape index (κ2) is 48.6. The van der Waals surface area contributed by atoms with Gasteiger partial charge in [-0.2, -0.15) is 0 Å². The van der Waals surface area contributed by atoms with Crippen LogP contribution < -0.4 is 37.6 Å². The highest BCUT2D eigenvalue weighted by Crippen LogP contribution is 2.34. The van der Waals surface area contributed by atoms with Gasteiger partial charge in [-0.15, -0.1) is 0 Å². The van der Waals surface area contributed by atoms with Crippen molar-refractivity contribution in [3.8, 4) is 0 Å². The number of carboxylic acids is 2. The number of nitrogens with two attached hydrogens (primary N) is 1. The lowest BCUT2D eigenvalue weighted by molar-refractivity contribution is -0.147. The van der Waals surface area contributed by atoms with Gasteiger partial charge in [0.2, 0.25) is 29.5 Å². The van der Waals surface area contributed by atoms with Crippen molar-refractivity contribution in [3.63, 3.8) is 0 Å². The summed E-state index contributed by atoms with van der Waals surface area (Å²) in [5, 5.41) is 35.8. The third kappa shape index (κ3) is 32.5. The van der Waals surface area contributed by atoms with Gasteiger partial charge in [0.25, 0.3) is 0 Å². The number of hydrogen-bond donors (Lipinski definition) is 9. The fourth-order valence-electron chi connectivity index (χ4n) is 16.3. The largest absolute Gasteiger partial charge is 0.480 e. The second-order valence-electron chi connectivity index (χ2n) is 38.2. The van der Waals surface area contributed by atoms with Crippen LogP contribution in [0.4, 0.5) is 14.4 Å². The molecule has 698 valence electrons. The maximum absolute atomic E-state index is 14.0. The number of aryl methyl sites for hydroxylation is 3. The zero-order valence-electron chi connectivity index (χ0n) is 78.4. The monoisotopic (exact) mass is 1770 g/mol. The van der Waals surface area contributed by atoms with Gasteiger partial charge in [-0.25, -0.2) is 24.0 Å². The van der Waals surface area contributed by atoms with E-state index < -0.39 is 83.3 Å². The summed E-state index contributed by atoms with van der Waals surface area (Å²) in [5.41, 5.74) is 15.6. The van der Waals surface area contributed by atoms with Crippen LogP contribution in [-0.2, 0) is 86.7 Å². The number of ether oxygens (including phenoxy) is 3. The standard InChI is InChI=1S/C32H44N4O4.C27H36N4O2.C22H27N3O.C10H19NO4.C9H17NO4/c1-22(2)28(34-31(39)40-32(3,4)5)30(38)36-19-18-35(20-23-12-7-6-8-13-23)21-27(36)29(37)33-26-17-11-15-24-14-9-10-16-25(24)26;1-19(2)25(28)27(33)31-16-15-30(17-20-9-4-3-5-10-20)18-24(31)26(32)29-23-14-8-12-21-11-6-7-13-22(21)23;26-22(24-20-12-6-10-18-9-4-5-11-19(18)20)21-16-25(14-13-23-21)15-17-7-2-1-3-8-17;1-6(2)7(8(12)13)11-9(14)15-10(3,4)5;1-6(7(11)12)10(5)8(13)14-9(2,3)4/h6-10,12-14,16,22,26-28H,11,15,17-21H2,1-5H3,(H,33,37)(H,34,39);3-7,9-11,13,19,23-25H,8,12,14-18,28H2,1-2H3,(H,29,32);1-5,7-9,11,20-21,23H,6,10,12-16H2,(H,24,26);6-7H,1-5H3,(H,11,14)(H,12,13);6H,1-5H3,(H,11,12)/t26-,27+,28+;23-,24+,25+;20-,21+;7-;6-/m11100/s1. The van der Waals surface area contributed by atoms with Gasteiger partial charge in [0.05, 0.1) is 30.2 Å². The summed E-state index contributed by atoms with van der Waals surface area (Å²) in [6.07, 6.45) is 7.21. The molecule has 6 aromatic rings. The first-order valence-corrected chi connectivity index (χ1v) is 45.5. The summed E-state index contributed by atoms with van der Waals surface area (Å²) in [7, 11) is 1.40. The van der Waals surface area contributed by atoms with Crippen molar-refractivity contribution >= 4 is 59.8 Å². The molecule has 6 aliphatic rings. The Morgan fingerprint density at radius 3 is 1.12 bits per heavy atom. The number of piperazine rings is 3. The molecule has 0 radical (unpaired) electrons. The minimum Gasteiger partial charge on any atom is -0.480 e. The van der Waals surface area contributed by atoms with Crippen LogP contribution in [0, 0.1) is 17.8 Å². The van der Waals surface area contributed by atoms with Crippen LogP contribution in [0.2, 0.25) is 0 Å². The van der Waals surface area contributed by atoms with E-state index in [1.54, 1.807) is 86.0 Å². The van der Waals surface area contributed by atoms with Gasteiger partial charge in [-0.3, -0.25) is 43.6 Å². The van der Waals surface area contributed by atoms with Gasteiger partial charge in [-0.05, 0) is 195 Å². The number of likely N-dealkylation sites (N-methyl/N-ethyl adjacent to an activating group) is 1. The molecule has 0 spiro atoms. The zero-order valence-corrected chi connectivity index (χ0v) is 78.4. The molecule has 28 nitrogen and oxygen atoms in total. The highest BCUT2D eigenvalue weighted by molar-refractivity contribution is 5.93. The van der Waals surface area contributed by atoms with E-state index in [2.05, 4.69) is 150 Å². The van der Waals surface area contributed by atoms with E-state index in [1.807, 2.05) is 88.4 Å². The molecule has 3 heterocycles. The van der Waals surface area contributed by atoms with Crippen molar-refractivity contribution in [1.82, 2.24) is 61.3 Å². The maximum atomic E-state index is 14.0. The van der Waals surface area contributed by atoms with Crippen molar-refractivity contribution in [2.45, 2.75) is 265 Å². The van der Waals surface area contributed by atoms with Gasteiger partial charge < -0.3 is 71.9 Å². The number of aliphatic carboxylic acids is 2. The Hall–Kier alpha value is -10.8. The first kappa shape index (κ1) is 103. The van der Waals surface area contributed by atoms with Crippen LogP contribution in [0.25, 0.3) is 0 Å². The normalized spacial score (nSPS) is 19.8. The molecule has 12 rings (SSSR count). The molecule has 3 fully saturated rings. The quantitative estimate of drug-likeness (QED) is 0.0285. The molecule has 10 atom stereocenters. The number of carboxylic acid groups (broad SMARTS) is 2. The highest BCUT2D eigenvalue weighted by Gasteiger charge is 2.43. The van der Waals surface area contributed by atoms with Crippen LogP contribution in [0.5, 0.6) is 0 Å². The number of rotatable bonds is 22. The van der Waals surface area contributed by atoms with Crippen LogP contribution in [-0.4, -0.2) is 224 Å². The van der Waals surface area contributed by atoms with Gasteiger partial charge >= 0.3 is 30.2 Å². The number of amides is 8. The third-order valence-electron chi connectivity index (χ3n) is 23.3. The zero-order chi connectivity index (χ0) is 93.7. The average Bonchev–Trinajstić information content (AvgIpc) is 0.805. The van der Waals surface area contributed by atoms with Gasteiger partial charge in [-0.1, -0.05) is 205 Å². The summed E-state index contributed by atoms with van der Waals surface area (Å²) in [6, 6.07) is 51.5. The van der Waals surface area contributed by atoms with Crippen LogP contribution in [0.3, 0.4) is 0 Å². The molecule has 8 amide bonds. The first-order chi connectivity index (χ1) is 60.5. The number of alkyl carbamates (subject to hydrolysis) is 2. The van der Waals surface area contributed by atoms with Crippen molar-refractivity contribution in [2.24, 2.45) is 23.5 Å². The first-order valence-electron chi connectivity index (χ1n) is 45.5. The van der Waals surface area contributed by atoms with E-state index >= 15 is 0 Å². The molecular formula is C100H143N13O15. The maximum Gasteiger partial charge on any atom is 0.410 e. The third-order valence-corrected chi connectivity index (χ3v) is 23.3. The fourth-order valence-corrected chi connectivity index (χ4v) is 16.3. The van der Waals surface area contributed by atoms with E-state index in [0.29, 0.717) is 39.3 Å². The summed E-state index contributed by atoms with van der Waals surface area (Å²) in [6.45, 7) is 36.4. The predicted octanol–water partition coefficient (Wildman–Crippen LogP) is 12.9. The number of nitrogens with one attached hydrogen (secondary N) is 6. The Labute approximate surface area is 758 Å². The summed E-state index contributed by atoms with van der Waals surface area (Å²) in [5.74, 6) is -2.97. The molecule has 6 aromatic carbocycles. The molecular weight excluding hydrogens is 1620 g/mol. The summed E-state index contributed by atoms with van der Waals surface area (Å²) >= 11 is 0. The van der Waals surface area contributed by atoms with E-state index in [1.165, 1.54) is 52.9 Å². The summed E-state index contributed by atoms with van der Waals surface area (Å²) in [4.78, 5) is 135. The lowest BCUT2D eigenvalue weighted by Crippen LogP contribution is -2.64. The van der Waals surface area contributed by atoms with E-state index in [4.69, 9.17) is 30.2 Å². The van der Waals surface area contributed by atoms with Crippen molar-refractivity contribution in [2.75, 3.05) is 66.0 Å². The predicted molar refractivity (Wildman–Crippen MR) is 496 cm³/mol. The molecule has 10 N–H and O–H groups in total. The molecule has 128 heavy (non-hydrogen) atoms. The Kier molecular flexibility index (Phi) is 38.9. The molecule has 3 saturated heterocycles.